The number of hydrogen-bond acceptors (Lipinski definition) is 4. The van der Waals surface area contributed by atoms with Crippen LogP contribution in [0.5, 0.6) is 0 Å². The van der Waals surface area contributed by atoms with Crippen molar-refractivity contribution in [2.75, 3.05) is 0 Å². The Bertz CT molecular complexity index is 174. The average Bonchev–Trinajstić information content (AvgIpc) is 1.85. The molecule has 0 unspecified atom stereocenters. The van der Waals surface area contributed by atoms with Gasteiger partial charge in [-0.2, -0.15) is 0 Å². The summed E-state index contributed by atoms with van der Waals surface area (Å²) in [7, 11) is 0. The van der Waals surface area contributed by atoms with E-state index in [4.69, 9.17) is 0 Å². The number of ether oxygens (including phenoxy) is 1. The fourth-order valence-electron chi connectivity index (χ4n) is 0.271. The van der Waals surface area contributed by atoms with E-state index in [2.05, 4.69) is 4.74 Å². The molecule has 0 heterocycles. The second kappa shape index (κ2) is 4.44. The van der Waals surface area contributed by atoms with E-state index < -0.39 is 17.7 Å². The molecular weight excluding hydrogens is 246 g/mol. The second-order valence-electron chi connectivity index (χ2n) is 1.51. The van der Waals surface area contributed by atoms with Crippen molar-refractivity contribution in [3.05, 3.63) is 0 Å². The Balaban J connectivity index is 3.86. The molecule has 0 aliphatic heterocycles. The van der Waals surface area contributed by atoms with Gasteiger partial charge in [-0.1, -0.05) is 0 Å². The molecule has 0 aromatic carbocycles. The molecule has 0 aliphatic carbocycles. The van der Waals surface area contributed by atoms with Crippen molar-refractivity contribution in [1.29, 1.82) is 0 Å². The SMILES string of the molecule is CC(=O)OC(=O)C(=O)[CH2][SbH2]. The van der Waals surface area contributed by atoms with E-state index in [9.17, 15) is 14.4 Å². The fourth-order valence-corrected chi connectivity index (χ4v) is 0.746. The molecule has 0 atom stereocenters. The van der Waals surface area contributed by atoms with Gasteiger partial charge in [0.05, 0.1) is 0 Å². The van der Waals surface area contributed by atoms with E-state index >= 15 is 0 Å². The van der Waals surface area contributed by atoms with E-state index in [0.717, 1.165) is 6.92 Å². The van der Waals surface area contributed by atoms with Gasteiger partial charge >= 0.3 is 71.2 Å². The Labute approximate surface area is 71.4 Å². The third-order valence-corrected chi connectivity index (χ3v) is 1.71. The van der Waals surface area contributed by atoms with Crippen LogP contribution < -0.4 is 0 Å². The van der Waals surface area contributed by atoms with Gasteiger partial charge in [-0.3, -0.25) is 0 Å². The molecule has 5 heteroatoms. The molecule has 10 heavy (non-hydrogen) atoms. The van der Waals surface area contributed by atoms with Crippen LogP contribution in [0, 0.1) is 0 Å². The zero-order chi connectivity index (χ0) is 8.15. The van der Waals surface area contributed by atoms with Crippen LogP contribution in [-0.2, 0) is 19.1 Å². The fraction of sp³-hybridized carbons (Fsp3) is 0.400. The van der Waals surface area contributed by atoms with E-state index in [1.165, 1.54) is 0 Å². The number of ketones is 1. The van der Waals surface area contributed by atoms with Crippen LogP contribution in [0.2, 0.25) is 4.37 Å². The maximum absolute atomic E-state index is 10.5. The Morgan fingerprint density at radius 3 is 2.20 bits per heavy atom. The van der Waals surface area contributed by atoms with Crippen molar-refractivity contribution in [2.24, 2.45) is 0 Å². The van der Waals surface area contributed by atoms with Crippen molar-refractivity contribution >= 4 is 40.7 Å². The molecule has 0 rings (SSSR count). The van der Waals surface area contributed by atoms with Crippen LogP contribution in [0.15, 0.2) is 0 Å². The first-order chi connectivity index (χ1) is 4.57. The first-order valence-corrected chi connectivity index (χ1v) is 4.86. The molecule has 0 spiro atoms. The third kappa shape index (κ3) is 3.62. The molecular formula is C5H7O4Sb. The van der Waals surface area contributed by atoms with Crippen LogP contribution in [0.4, 0.5) is 0 Å². The summed E-state index contributed by atoms with van der Waals surface area (Å²) in [6.07, 6.45) is 0. The normalized spacial score (nSPS) is 8.60. The van der Waals surface area contributed by atoms with Gasteiger partial charge in [-0.15, -0.1) is 0 Å². The molecule has 0 aromatic rings. The molecule has 0 fully saturated rings. The van der Waals surface area contributed by atoms with E-state index in [1.54, 1.807) is 0 Å². The molecule has 0 aromatic heterocycles. The van der Waals surface area contributed by atoms with Crippen molar-refractivity contribution < 1.29 is 19.1 Å². The van der Waals surface area contributed by atoms with Crippen LogP contribution in [0.25, 0.3) is 0 Å². The minimum atomic E-state index is -1.04. The number of carbonyl (C=O) groups is 3. The zero-order valence-electron chi connectivity index (χ0n) is 5.42. The third-order valence-electron chi connectivity index (χ3n) is 0.649. The van der Waals surface area contributed by atoms with Crippen LogP contribution in [-0.4, -0.2) is 40.7 Å². The molecule has 0 bridgehead atoms. The Morgan fingerprint density at radius 1 is 1.40 bits per heavy atom. The molecule has 56 valence electrons. The van der Waals surface area contributed by atoms with Crippen molar-refractivity contribution in [3.63, 3.8) is 0 Å². The van der Waals surface area contributed by atoms with Gasteiger partial charge in [0.2, 0.25) is 0 Å². The second-order valence-corrected chi connectivity index (χ2v) is 2.67. The van der Waals surface area contributed by atoms with Crippen LogP contribution in [0.3, 0.4) is 0 Å². The molecule has 0 aliphatic rings. The predicted molar refractivity (Wildman–Crippen MR) is 35.1 cm³/mol. The van der Waals surface area contributed by atoms with Crippen molar-refractivity contribution in [2.45, 2.75) is 11.3 Å². The summed E-state index contributed by atoms with van der Waals surface area (Å²) < 4.78 is 4.19. The van der Waals surface area contributed by atoms with E-state index in [-0.39, 0.29) is 4.37 Å². The van der Waals surface area contributed by atoms with Crippen LogP contribution >= 0.6 is 0 Å². The topological polar surface area (TPSA) is 60.4 Å². The summed E-state index contributed by atoms with van der Waals surface area (Å²) in [5.74, 6) is -2.41. The Hall–Kier alpha value is -0.372. The summed E-state index contributed by atoms with van der Waals surface area (Å²) in [5, 5.41) is 0. The number of carbonyl (C=O) groups excluding carboxylic acids is 3. The van der Waals surface area contributed by atoms with E-state index in [1.807, 2.05) is 0 Å². The standard InChI is InChI=1S/C5H5O4.Sb.2H/c1-3(6)5(8)9-4(2)7;;;/h1H2,2H3;;;. The van der Waals surface area contributed by atoms with Gasteiger partial charge in [0.15, 0.2) is 0 Å². The van der Waals surface area contributed by atoms with Gasteiger partial charge < -0.3 is 0 Å². The van der Waals surface area contributed by atoms with Crippen LogP contribution in [0.1, 0.15) is 6.92 Å². The minimum absolute atomic E-state index is 0.192. The molecule has 0 saturated carbocycles. The van der Waals surface area contributed by atoms with E-state index in [0.29, 0.717) is 23.0 Å². The van der Waals surface area contributed by atoms with Gasteiger partial charge in [-0.05, 0) is 0 Å². The number of hydrogen-bond donors (Lipinski definition) is 0. The summed E-state index contributed by atoms with van der Waals surface area (Å²) in [5.41, 5.74) is 0. The molecule has 4 nitrogen and oxygen atoms in total. The average molecular weight is 253 g/mol. The van der Waals surface area contributed by atoms with Gasteiger partial charge in [0, 0.05) is 0 Å². The monoisotopic (exact) mass is 252 g/mol. The summed E-state index contributed by atoms with van der Waals surface area (Å²) >= 11 is 0.668. The number of esters is 2. The quantitative estimate of drug-likeness (QED) is 0.265. The summed E-state index contributed by atoms with van der Waals surface area (Å²) in [6.45, 7) is 1.08. The molecule has 0 N–H and O–H groups in total. The van der Waals surface area contributed by atoms with Gasteiger partial charge in [0.25, 0.3) is 0 Å². The predicted octanol–water partition coefficient (Wildman–Crippen LogP) is -1.30. The Morgan fingerprint density at radius 2 is 1.90 bits per heavy atom. The number of rotatable bonds is 2. The van der Waals surface area contributed by atoms with Crippen molar-refractivity contribution in [3.8, 4) is 0 Å². The summed E-state index contributed by atoms with van der Waals surface area (Å²) in [6, 6.07) is 0. The first kappa shape index (κ1) is 9.63. The summed E-state index contributed by atoms with van der Waals surface area (Å²) in [4.78, 5) is 31.0. The zero-order valence-corrected chi connectivity index (χ0v) is 8.71. The van der Waals surface area contributed by atoms with Crippen molar-refractivity contribution in [1.82, 2.24) is 0 Å². The first-order valence-electron chi connectivity index (χ1n) is 2.53. The van der Waals surface area contributed by atoms with Gasteiger partial charge in [0.1, 0.15) is 0 Å². The maximum atomic E-state index is 10.5. The Kier molecular flexibility index (Phi) is 4.28. The molecule has 0 saturated heterocycles. The van der Waals surface area contributed by atoms with Gasteiger partial charge in [-0.25, -0.2) is 0 Å². The molecule has 0 radical (unpaired) electrons. The number of Topliss-reactive ketones (excluding diaryl/α,β-unsaturated/α-hetero) is 1. The molecule has 0 amide bonds.